The lowest BCUT2D eigenvalue weighted by atomic mass is 9.93. The maximum atomic E-state index is 12.2. The first kappa shape index (κ1) is 15.4. The Kier molecular flexibility index (Phi) is 3.78. The van der Waals surface area contributed by atoms with Crippen molar-refractivity contribution >= 4 is 10.9 Å². The van der Waals surface area contributed by atoms with Crippen molar-refractivity contribution in [1.82, 2.24) is 4.98 Å². The number of hydrogen-bond acceptors (Lipinski definition) is 3. The molecule has 2 heterocycles. The average molecular weight is 312 g/mol. The normalized spacial score (nSPS) is 19.5. The Hall–Kier alpha value is -2.46. The van der Waals surface area contributed by atoms with Crippen molar-refractivity contribution in [3.63, 3.8) is 0 Å². The average Bonchev–Trinajstić information content (AvgIpc) is 2.81. The van der Waals surface area contributed by atoms with Crippen LogP contribution in [0.3, 0.4) is 0 Å². The second-order valence-electron chi connectivity index (χ2n) is 6.47. The van der Waals surface area contributed by atoms with Crippen molar-refractivity contribution < 1.29 is 4.74 Å². The van der Waals surface area contributed by atoms with E-state index in [1.54, 1.807) is 0 Å². The minimum Gasteiger partial charge on any atom is -0.489 e. The first-order chi connectivity index (χ1) is 10.9. The number of aromatic amines is 1. The summed E-state index contributed by atoms with van der Waals surface area (Å²) >= 11 is 0. The fourth-order valence-corrected chi connectivity index (χ4v) is 3.23. The molecule has 0 fully saturated rings. The van der Waals surface area contributed by atoms with Gasteiger partial charge in [-0.15, -0.1) is 0 Å². The van der Waals surface area contributed by atoms with Gasteiger partial charge in [-0.05, 0) is 36.1 Å². The van der Waals surface area contributed by atoms with Crippen LogP contribution in [0, 0.1) is 6.92 Å². The highest BCUT2D eigenvalue weighted by Gasteiger charge is 2.32. The lowest BCUT2D eigenvalue weighted by Gasteiger charge is -2.12. The van der Waals surface area contributed by atoms with Crippen molar-refractivity contribution in [2.75, 3.05) is 6.54 Å². The van der Waals surface area contributed by atoms with Gasteiger partial charge in [0.1, 0.15) is 11.9 Å². The monoisotopic (exact) mass is 312 g/mol. The smallest absolute Gasteiger partial charge is 0.251 e. The zero-order valence-electron chi connectivity index (χ0n) is 13.8. The number of hydrogen-bond donors (Lipinski definition) is 1. The van der Waals surface area contributed by atoms with Crippen LogP contribution in [0.4, 0.5) is 0 Å². The fraction of sp³-hybridized carbons (Fsp3) is 0.471. The predicted molar refractivity (Wildman–Crippen MR) is 90.2 cm³/mol. The second kappa shape index (κ2) is 5.63. The van der Waals surface area contributed by atoms with Gasteiger partial charge in [-0.1, -0.05) is 25.9 Å². The zero-order chi connectivity index (χ0) is 16.7. The number of benzene rings is 1. The Morgan fingerprint density at radius 1 is 1.43 bits per heavy atom. The molecule has 2 aromatic rings. The van der Waals surface area contributed by atoms with Gasteiger partial charge in [-0.2, -0.15) is 0 Å². The molecule has 0 amide bonds. The molecule has 23 heavy (non-hydrogen) atoms. The largest absolute Gasteiger partial charge is 0.489 e. The molecule has 0 saturated heterocycles. The van der Waals surface area contributed by atoms with Crippen molar-refractivity contribution in [2.24, 2.45) is 5.11 Å². The molecule has 1 aromatic carbocycles. The number of ether oxygens (including phenoxy) is 1. The van der Waals surface area contributed by atoms with Gasteiger partial charge in [0.05, 0.1) is 12.1 Å². The third-order valence-electron chi connectivity index (χ3n) is 4.61. The van der Waals surface area contributed by atoms with Crippen LogP contribution in [0.1, 0.15) is 49.3 Å². The van der Waals surface area contributed by atoms with Gasteiger partial charge < -0.3 is 9.72 Å². The van der Waals surface area contributed by atoms with E-state index < -0.39 is 0 Å². The Morgan fingerprint density at radius 2 is 2.17 bits per heavy atom. The highest BCUT2D eigenvalue weighted by atomic mass is 16.5. The standard InChI is InChI=1S/C17H20N4O2/c1-8(2)11-6-13-15(20-17(11)22)9(3)5-12-10(4)14(7-19-21-18)23-16(12)13/h5-6,8,10,14H,7H2,1-4H3,(H,20,22). The van der Waals surface area contributed by atoms with Crippen LogP contribution in [0.2, 0.25) is 0 Å². The highest BCUT2D eigenvalue weighted by Crippen LogP contribution is 2.44. The van der Waals surface area contributed by atoms with Gasteiger partial charge in [0.15, 0.2) is 0 Å². The van der Waals surface area contributed by atoms with E-state index in [1.807, 2.05) is 26.8 Å². The van der Waals surface area contributed by atoms with Crippen molar-refractivity contribution in [2.45, 2.75) is 45.6 Å². The van der Waals surface area contributed by atoms with Gasteiger partial charge >= 0.3 is 0 Å². The van der Waals surface area contributed by atoms with E-state index in [1.165, 1.54) is 0 Å². The molecule has 3 rings (SSSR count). The third kappa shape index (κ3) is 2.45. The van der Waals surface area contributed by atoms with E-state index in [-0.39, 0.29) is 23.5 Å². The maximum absolute atomic E-state index is 12.2. The lowest BCUT2D eigenvalue weighted by Crippen LogP contribution is -2.20. The van der Waals surface area contributed by atoms with E-state index in [0.29, 0.717) is 6.54 Å². The molecular formula is C17H20N4O2. The summed E-state index contributed by atoms with van der Waals surface area (Å²) in [6.07, 6.45) is -0.166. The number of H-pyrrole nitrogens is 1. The quantitative estimate of drug-likeness (QED) is 0.524. The molecule has 1 N–H and O–H groups in total. The molecule has 0 aliphatic carbocycles. The molecule has 2 unspecified atom stereocenters. The predicted octanol–water partition coefficient (Wildman–Crippen LogP) is 4.13. The molecule has 2 atom stereocenters. The Morgan fingerprint density at radius 3 is 2.83 bits per heavy atom. The molecule has 1 aliphatic heterocycles. The number of fused-ring (bicyclic) bond motifs is 3. The summed E-state index contributed by atoms with van der Waals surface area (Å²) in [5.41, 5.74) is 12.2. The summed E-state index contributed by atoms with van der Waals surface area (Å²) in [5.74, 6) is 1.08. The molecule has 120 valence electrons. The number of aryl methyl sites for hydroxylation is 1. The van der Waals surface area contributed by atoms with E-state index in [9.17, 15) is 4.79 Å². The zero-order valence-corrected chi connectivity index (χ0v) is 13.8. The summed E-state index contributed by atoms with van der Waals surface area (Å²) in [7, 11) is 0. The summed E-state index contributed by atoms with van der Waals surface area (Å²) in [4.78, 5) is 18.1. The van der Waals surface area contributed by atoms with Crippen LogP contribution in [0.5, 0.6) is 5.75 Å². The third-order valence-corrected chi connectivity index (χ3v) is 4.61. The molecule has 0 radical (unpaired) electrons. The summed E-state index contributed by atoms with van der Waals surface area (Å²) < 4.78 is 6.08. The van der Waals surface area contributed by atoms with E-state index in [2.05, 4.69) is 28.0 Å². The summed E-state index contributed by atoms with van der Waals surface area (Å²) in [5, 5.41) is 4.58. The molecule has 6 nitrogen and oxygen atoms in total. The van der Waals surface area contributed by atoms with E-state index in [0.717, 1.165) is 33.3 Å². The molecule has 6 heteroatoms. The number of nitrogens with zero attached hydrogens (tertiary/aromatic N) is 3. The Labute approximate surface area is 134 Å². The van der Waals surface area contributed by atoms with Crippen LogP contribution in [-0.2, 0) is 0 Å². The van der Waals surface area contributed by atoms with Crippen LogP contribution in [0.25, 0.3) is 21.3 Å². The topological polar surface area (TPSA) is 90.9 Å². The van der Waals surface area contributed by atoms with Crippen molar-refractivity contribution in [3.8, 4) is 5.75 Å². The Bertz CT molecular complexity index is 878. The first-order valence-corrected chi connectivity index (χ1v) is 7.82. The van der Waals surface area contributed by atoms with Gasteiger partial charge in [0.25, 0.3) is 5.56 Å². The van der Waals surface area contributed by atoms with Crippen molar-refractivity contribution in [1.29, 1.82) is 0 Å². The van der Waals surface area contributed by atoms with E-state index >= 15 is 0 Å². The highest BCUT2D eigenvalue weighted by molar-refractivity contribution is 5.90. The van der Waals surface area contributed by atoms with Gasteiger partial charge in [0, 0.05) is 27.3 Å². The summed E-state index contributed by atoms with van der Waals surface area (Å²) in [6.45, 7) is 8.36. The van der Waals surface area contributed by atoms with Crippen LogP contribution in [0.15, 0.2) is 22.0 Å². The molecule has 1 aromatic heterocycles. The number of rotatable bonds is 3. The number of azide groups is 1. The minimum absolute atomic E-state index is 0.0489. The molecule has 1 aliphatic rings. The molecular weight excluding hydrogens is 292 g/mol. The summed E-state index contributed by atoms with van der Waals surface area (Å²) in [6, 6.07) is 4.00. The second-order valence-corrected chi connectivity index (χ2v) is 6.47. The molecule has 0 spiro atoms. The minimum atomic E-state index is -0.166. The van der Waals surface area contributed by atoms with Gasteiger partial charge in [-0.25, -0.2) is 0 Å². The van der Waals surface area contributed by atoms with Crippen molar-refractivity contribution in [3.05, 3.63) is 49.6 Å². The number of nitrogens with one attached hydrogen (secondary N) is 1. The van der Waals surface area contributed by atoms with Crippen LogP contribution < -0.4 is 10.3 Å². The Balaban J connectivity index is 2.23. The number of pyridine rings is 1. The van der Waals surface area contributed by atoms with Gasteiger partial charge in [0.2, 0.25) is 0 Å². The molecule has 0 bridgehead atoms. The van der Waals surface area contributed by atoms with Crippen LogP contribution >= 0.6 is 0 Å². The first-order valence-electron chi connectivity index (χ1n) is 7.82. The maximum Gasteiger partial charge on any atom is 0.251 e. The number of aromatic nitrogens is 1. The fourth-order valence-electron chi connectivity index (χ4n) is 3.23. The van der Waals surface area contributed by atoms with Crippen LogP contribution in [-0.4, -0.2) is 17.6 Å². The van der Waals surface area contributed by atoms with E-state index in [4.69, 9.17) is 10.3 Å². The SMILES string of the molecule is Cc1cc2c(c3cc(C(C)C)c(=O)[nH]c13)OC(CN=[N+]=[N-])C2C. The molecule has 0 saturated carbocycles. The lowest BCUT2D eigenvalue weighted by molar-refractivity contribution is 0.221. The van der Waals surface area contributed by atoms with Gasteiger partial charge in [-0.3, -0.25) is 4.79 Å².